The van der Waals surface area contributed by atoms with E-state index in [1.165, 1.54) is 23.5 Å². The van der Waals surface area contributed by atoms with Crippen LogP contribution in [-0.2, 0) is 0 Å². The van der Waals surface area contributed by atoms with E-state index in [0.717, 1.165) is 5.56 Å². The Kier molecular flexibility index (Phi) is 5.43. The Bertz CT molecular complexity index is 630. The van der Waals surface area contributed by atoms with Gasteiger partial charge in [-0.25, -0.2) is 9.78 Å². The first-order chi connectivity index (χ1) is 10.8. The molecule has 0 fully saturated rings. The van der Waals surface area contributed by atoms with Crippen LogP contribution in [0, 0.1) is 0 Å². The number of nitrogens with one attached hydrogen (secondary N) is 2. The summed E-state index contributed by atoms with van der Waals surface area (Å²) in [5, 5.41) is 7.50. The number of thiazole rings is 1. The average Bonchev–Trinajstić information content (AvgIpc) is 2.97. The zero-order valence-corrected chi connectivity index (χ0v) is 12.9. The number of carbonyl (C=O) groups is 1. The second-order valence-electron chi connectivity index (χ2n) is 4.63. The number of urea groups is 1. The Morgan fingerprint density at radius 1 is 1.35 bits per heavy atom. The molecule has 1 aromatic carbocycles. The van der Waals surface area contributed by atoms with Crippen molar-refractivity contribution in [3.8, 4) is 5.75 Å². The number of benzene rings is 1. The van der Waals surface area contributed by atoms with Gasteiger partial charge in [-0.1, -0.05) is 12.1 Å². The summed E-state index contributed by atoms with van der Waals surface area (Å²) in [6.07, 6.45) is -2.80. The number of anilines is 1. The Balaban J connectivity index is 1.87. The molecule has 0 aliphatic carbocycles. The molecule has 2 aromatic rings. The Morgan fingerprint density at radius 2 is 2.04 bits per heavy atom. The van der Waals surface area contributed by atoms with Crippen LogP contribution < -0.4 is 15.4 Å². The van der Waals surface area contributed by atoms with Crippen molar-refractivity contribution < 1.29 is 22.7 Å². The van der Waals surface area contributed by atoms with Crippen molar-refractivity contribution in [3.63, 3.8) is 0 Å². The lowest BCUT2D eigenvalue weighted by atomic mass is 10.1. The van der Waals surface area contributed by atoms with E-state index >= 15 is 0 Å². The maximum absolute atomic E-state index is 12.1. The molecular formula is C14H14F3N3O2S. The molecule has 1 heterocycles. The summed E-state index contributed by atoms with van der Waals surface area (Å²) in [5.41, 5.74) is 0.735. The number of hydrogen-bond donors (Lipinski definition) is 2. The van der Waals surface area contributed by atoms with Gasteiger partial charge in [0.15, 0.2) is 11.7 Å². The highest BCUT2D eigenvalue weighted by Crippen LogP contribution is 2.21. The number of rotatable bonds is 5. The second kappa shape index (κ2) is 7.32. The van der Waals surface area contributed by atoms with Gasteiger partial charge < -0.3 is 10.1 Å². The number of halogens is 3. The number of carbonyl (C=O) groups excluding carboxylic acids is 1. The Labute approximate surface area is 134 Å². The van der Waals surface area contributed by atoms with E-state index in [1.54, 1.807) is 30.6 Å². The number of hydrogen-bond acceptors (Lipinski definition) is 4. The third-order valence-electron chi connectivity index (χ3n) is 2.78. The van der Waals surface area contributed by atoms with Crippen molar-refractivity contribution in [1.29, 1.82) is 0 Å². The van der Waals surface area contributed by atoms with Crippen LogP contribution in [-0.4, -0.2) is 23.8 Å². The Morgan fingerprint density at radius 3 is 2.61 bits per heavy atom. The van der Waals surface area contributed by atoms with Crippen LogP contribution in [0.1, 0.15) is 18.5 Å². The fraction of sp³-hybridized carbons (Fsp3) is 0.286. The lowest BCUT2D eigenvalue weighted by Gasteiger charge is -2.15. The maximum Gasteiger partial charge on any atom is 0.422 e. The van der Waals surface area contributed by atoms with Crippen molar-refractivity contribution >= 4 is 22.5 Å². The smallest absolute Gasteiger partial charge is 0.422 e. The van der Waals surface area contributed by atoms with Crippen molar-refractivity contribution in [3.05, 3.63) is 41.4 Å². The lowest BCUT2D eigenvalue weighted by Crippen LogP contribution is -2.31. The van der Waals surface area contributed by atoms with Crippen LogP contribution >= 0.6 is 11.3 Å². The first-order valence-corrected chi connectivity index (χ1v) is 7.48. The summed E-state index contributed by atoms with van der Waals surface area (Å²) >= 11 is 1.29. The summed E-state index contributed by atoms with van der Waals surface area (Å²) in [6, 6.07) is 5.31. The van der Waals surface area contributed by atoms with Crippen LogP contribution in [0.4, 0.5) is 23.1 Å². The lowest BCUT2D eigenvalue weighted by molar-refractivity contribution is -0.153. The molecular weight excluding hydrogens is 331 g/mol. The quantitative estimate of drug-likeness (QED) is 0.862. The van der Waals surface area contributed by atoms with Gasteiger partial charge in [0.05, 0.1) is 6.04 Å². The minimum atomic E-state index is -4.37. The van der Waals surface area contributed by atoms with E-state index in [4.69, 9.17) is 0 Å². The first kappa shape index (κ1) is 17.1. The third-order valence-corrected chi connectivity index (χ3v) is 3.47. The topological polar surface area (TPSA) is 63.2 Å². The second-order valence-corrected chi connectivity index (χ2v) is 5.52. The van der Waals surface area contributed by atoms with Crippen molar-refractivity contribution in [2.45, 2.75) is 19.1 Å². The van der Waals surface area contributed by atoms with Gasteiger partial charge in [0.25, 0.3) is 0 Å². The van der Waals surface area contributed by atoms with Crippen molar-refractivity contribution in [1.82, 2.24) is 10.3 Å². The SMILES string of the molecule is C[C@H](NC(=O)Nc1nccs1)c1ccc(OCC(F)(F)F)cc1. The van der Waals surface area contributed by atoms with E-state index in [0.29, 0.717) is 5.13 Å². The molecule has 23 heavy (non-hydrogen) atoms. The van der Waals surface area contributed by atoms with Crippen LogP contribution in [0.3, 0.4) is 0 Å². The number of alkyl halides is 3. The summed E-state index contributed by atoms with van der Waals surface area (Å²) in [7, 11) is 0. The van der Waals surface area contributed by atoms with E-state index < -0.39 is 18.8 Å². The highest BCUT2D eigenvalue weighted by Gasteiger charge is 2.28. The molecule has 0 bridgehead atoms. The molecule has 0 radical (unpaired) electrons. The van der Waals surface area contributed by atoms with Gasteiger partial charge >= 0.3 is 12.2 Å². The zero-order valence-electron chi connectivity index (χ0n) is 12.1. The number of nitrogens with zero attached hydrogens (tertiary/aromatic N) is 1. The van der Waals surface area contributed by atoms with E-state index in [-0.39, 0.29) is 11.8 Å². The van der Waals surface area contributed by atoms with Gasteiger partial charge in [0.1, 0.15) is 5.75 Å². The molecule has 9 heteroatoms. The van der Waals surface area contributed by atoms with Crippen LogP contribution in [0.2, 0.25) is 0 Å². The van der Waals surface area contributed by atoms with E-state index in [1.807, 2.05) is 0 Å². The summed E-state index contributed by atoms with van der Waals surface area (Å²) < 4.78 is 40.8. The maximum atomic E-state index is 12.1. The molecule has 0 spiro atoms. The summed E-state index contributed by atoms with van der Waals surface area (Å²) in [6.45, 7) is 0.420. The minimum Gasteiger partial charge on any atom is -0.484 e. The fourth-order valence-corrected chi connectivity index (χ4v) is 2.24. The first-order valence-electron chi connectivity index (χ1n) is 6.60. The predicted octanol–water partition coefficient (Wildman–Crippen LogP) is 3.97. The van der Waals surface area contributed by atoms with Crippen molar-refractivity contribution in [2.24, 2.45) is 0 Å². The molecule has 0 saturated carbocycles. The predicted molar refractivity (Wildman–Crippen MR) is 80.7 cm³/mol. The van der Waals surface area contributed by atoms with Crippen molar-refractivity contribution in [2.75, 3.05) is 11.9 Å². The average molecular weight is 345 g/mol. The number of aromatic nitrogens is 1. The van der Waals surface area contributed by atoms with Crippen LogP contribution in [0.15, 0.2) is 35.8 Å². The number of amides is 2. The molecule has 1 aromatic heterocycles. The van der Waals surface area contributed by atoms with E-state index in [9.17, 15) is 18.0 Å². The van der Waals surface area contributed by atoms with Gasteiger partial charge in [0, 0.05) is 11.6 Å². The number of ether oxygens (including phenoxy) is 1. The summed E-state index contributed by atoms with van der Waals surface area (Å²) in [5.74, 6) is 0.116. The largest absolute Gasteiger partial charge is 0.484 e. The standard InChI is InChI=1S/C14H14F3N3O2S/c1-9(19-12(21)20-13-18-6-7-23-13)10-2-4-11(5-3-10)22-8-14(15,16)17/h2-7,9H,8H2,1H3,(H2,18,19,20,21)/t9-/m0/s1. The monoisotopic (exact) mass is 345 g/mol. The molecule has 0 unspecified atom stereocenters. The van der Waals surface area contributed by atoms with E-state index in [2.05, 4.69) is 20.4 Å². The third kappa shape index (κ3) is 5.78. The highest BCUT2D eigenvalue weighted by atomic mass is 32.1. The normalized spacial score (nSPS) is 12.5. The molecule has 2 N–H and O–H groups in total. The molecule has 5 nitrogen and oxygen atoms in total. The molecule has 0 aliphatic rings. The van der Waals surface area contributed by atoms with Gasteiger partial charge in [-0.2, -0.15) is 13.2 Å². The molecule has 2 rings (SSSR count). The Hall–Kier alpha value is -2.29. The molecule has 0 saturated heterocycles. The van der Waals surface area contributed by atoms with Gasteiger partial charge in [-0.05, 0) is 24.6 Å². The van der Waals surface area contributed by atoms with Gasteiger partial charge in [-0.3, -0.25) is 5.32 Å². The van der Waals surface area contributed by atoms with Gasteiger partial charge in [-0.15, -0.1) is 11.3 Å². The van der Waals surface area contributed by atoms with Crippen LogP contribution in [0.25, 0.3) is 0 Å². The fourth-order valence-electron chi connectivity index (χ4n) is 1.72. The molecule has 0 aliphatic heterocycles. The van der Waals surface area contributed by atoms with Crippen LogP contribution in [0.5, 0.6) is 5.75 Å². The van der Waals surface area contributed by atoms with Gasteiger partial charge in [0.2, 0.25) is 0 Å². The molecule has 124 valence electrons. The minimum absolute atomic E-state index is 0.116. The molecule has 1 atom stereocenters. The highest BCUT2D eigenvalue weighted by molar-refractivity contribution is 7.13. The zero-order chi connectivity index (χ0) is 16.9. The summed E-state index contributed by atoms with van der Waals surface area (Å²) in [4.78, 5) is 15.7. The molecule has 2 amide bonds.